The number of anilines is 4. The second-order valence-electron chi connectivity index (χ2n) is 6.53. The van der Waals surface area contributed by atoms with Crippen molar-refractivity contribution in [3.05, 3.63) is 66.1 Å². The Bertz CT molecular complexity index is 906. The predicted octanol–water partition coefficient (Wildman–Crippen LogP) is 3.39. The molecule has 0 radical (unpaired) electrons. The van der Waals surface area contributed by atoms with Gasteiger partial charge in [0.1, 0.15) is 5.82 Å². The van der Waals surface area contributed by atoms with Gasteiger partial charge in [0.15, 0.2) is 5.82 Å². The minimum Gasteiger partial charge on any atom is -0.368 e. The Morgan fingerprint density at radius 2 is 1.63 bits per heavy atom. The summed E-state index contributed by atoms with van der Waals surface area (Å²) in [6.45, 7) is 5.27. The molecule has 6 nitrogen and oxygen atoms in total. The van der Waals surface area contributed by atoms with E-state index in [0.717, 1.165) is 43.1 Å². The first kappa shape index (κ1) is 17.2. The molecular formula is C20H21FN6. The van der Waals surface area contributed by atoms with Gasteiger partial charge in [-0.05, 0) is 42.8 Å². The highest BCUT2D eigenvalue weighted by Crippen LogP contribution is 2.21. The highest BCUT2D eigenvalue weighted by molar-refractivity contribution is 5.60. The van der Waals surface area contributed by atoms with Crippen LogP contribution in [0.15, 0.2) is 54.7 Å². The molecule has 0 aliphatic carbocycles. The third kappa shape index (κ3) is 3.97. The van der Waals surface area contributed by atoms with Gasteiger partial charge in [-0.15, -0.1) is 5.10 Å². The number of nitrogens with one attached hydrogen (secondary N) is 1. The van der Waals surface area contributed by atoms with Crippen LogP contribution in [0.1, 0.15) is 5.56 Å². The minimum atomic E-state index is -0.213. The van der Waals surface area contributed by atoms with E-state index >= 15 is 0 Å². The van der Waals surface area contributed by atoms with Crippen molar-refractivity contribution >= 4 is 23.1 Å². The third-order valence-corrected chi connectivity index (χ3v) is 4.71. The summed E-state index contributed by atoms with van der Waals surface area (Å²) in [5, 5.41) is 11.6. The topological polar surface area (TPSA) is 57.2 Å². The molecule has 138 valence electrons. The van der Waals surface area contributed by atoms with E-state index in [1.165, 1.54) is 12.1 Å². The summed E-state index contributed by atoms with van der Waals surface area (Å²) in [5.41, 5.74) is 3.18. The molecule has 7 heteroatoms. The number of piperazine rings is 1. The van der Waals surface area contributed by atoms with Crippen LogP contribution in [0.3, 0.4) is 0 Å². The van der Waals surface area contributed by atoms with E-state index < -0.39 is 0 Å². The average Bonchev–Trinajstić information content (AvgIpc) is 2.71. The average molecular weight is 364 g/mol. The number of hydrogen-bond donors (Lipinski definition) is 1. The van der Waals surface area contributed by atoms with Crippen LogP contribution in [-0.4, -0.2) is 41.4 Å². The Labute approximate surface area is 157 Å². The van der Waals surface area contributed by atoms with Gasteiger partial charge in [0, 0.05) is 37.6 Å². The van der Waals surface area contributed by atoms with Gasteiger partial charge in [-0.3, -0.25) is 0 Å². The number of benzene rings is 2. The lowest BCUT2D eigenvalue weighted by Crippen LogP contribution is -2.47. The van der Waals surface area contributed by atoms with Crippen LogP contribution in [0.2, 0.25) is 0 Å². The molecule has 0 spiro atoms. The number of rotatable bonds is 4. The van der Waals surface area contributed by atoms with Gasteiger partial charge in [0.2, 0.25) is 5.95 Å². The fraction of sp³-hybridized carbons (Fsp3) is 0.250. The molecule has 3 aromatic rings. The summed E-state index contributed by atoms with van der Waals surface area (Å²) in [5.74, 6) is 1.08. The molecular weight excluding hydrogens is 343 g/mol. The Balaban J connectivity index is 1.43. The molecule has 0 unspecified atom stereocenters. The molecule has 1 aromatic heterocycles. The summed E-state index contributed by atoms with van der Waals surface area (Å²) in [4.78, 5) is 8.97. The standard InChI is InChI=1S/C20H21FN6/c1-15-4-2-3-5-18(15)23-19-14-22-25-20(24-19)27-12-10-26(11-13-27)17-8-6-16(21)7-9-17/h2-9,14H,10-13H2,1H3,(H,23,24,25). The van der Waals surface area contributed by atoms with Crippen molar-refractivity contribution in [2.45, 2.75) is 6.92 Å². The highest BCUT2D eigenvalue weighted by atomic mass is 19.1. The zero-order valence-electron chi connectivity index (χ0n) is 15.1. The first-order valence-corrected chi connectivity index (χ1v) is 8.97. The van der Waals surface area contributed by atoms with Crippen LogP contribution >= 0.6 is 0 Å². The molecule has 1 N–H and O–H groups in total. The number of aryl methyl sites for hydroxylation is 1. The molecule has 1 fully saturated rings. The molecule has 4 rings (SSSR count). The molecule has 0 amide bonds. The summed E-state index contributed by atoms with van der Waals surface area (Å²) in [6, 6.07) is 14.7. The van der Waals surface area contributed by atoms with Crippen LogP contribution in [0, 0.1) is 12.7 Å². The largest absolute Gasteiger partial charge is 0.368 e. The van der Waals surface area contributed by atoms with Crippen LogP contribution < -0.4 is 15.1 Å². The molecule has 0 saturated carbocycles. The molecule has 1 aliphatic rings. The van der Waals surface area contributed by atoms with Crippen molar-refractivity contribution in [2.24, 2.45) is 0 Å². The zero-order valence-corrected chi connectivity index (χ0v) is 15.1. The van der Waals surface area contributed by atoms with E-state index in [9.17, 15) is 4.39 Å². The highest BCUT2D eigenvalue weighted by Gasteiger charge is 2.20. The van der Waals surface area contributed by atoms with E-state index in [1.54, 1.807) is 6.20 Å². The molecule has 1 aliphatic heterocycles. The van der Waals surface area contributed by atoms with Crippen LogP contribution in [0.4, 0.5) is 27.5 Å². The van der Waals surface area contributed by atoms with Gasteiger partial charge in [-0.1, -0.05) is 18.2 Å². The lowest BCUT2D eigenvalue weighted by Gasteiger charge is -2.35. The Hall–Kier alpha value is -3.22. The van der Waals surface area contributed by atoms with E-state index in [4.69, 9.17) is 0 Å². The first-order chi connectivity index (χ1) is 13.2. The second kappa shape index (κ2) is 7.57. The van der Waals surface area contributed by atoms with Crippen molar-refractivity contribution in [2.75, 3.05) is 41.3 Å². The van der Waals surface area contributed by atoms with E-state index in [1.807, 2.05) is 43.3 Å². The molecule has 2 heterocycles. The van der Waals surface area contributed by atoms with Crippen molar-refractivity contribution in [1.29, 1.82) is 0 Å². The molecule has 0 bridgehead atoms. The Morgan fingerprint density at radius 3 is 2.37 bits per heavy atom. The number of halogens is 1. The monoisotopic (exact) mass is 364 g/mol. The molecule has 0 atom stereocenters. The van der Waals surface area contributed by atoms with Crippen molar-refractivity contribution in [3.8, 4) is 0 Å². The molecule has 27 heavy (non-hydrogen) atoms. The number of hydrogen-bond acceptors (Lipinski definition) is 6. The van der Waals surface area contributed by atoms with Crippen molar-refractivity contribution < 1.29 is 4.39 Å². The number of nitrogens with zero attached hydrogens (tertiary/aromatic N) is 5. The maximum absolute atomic E-state index is 13.1. The predicted molar refractivity (Wildman–Crippen MR) is 105 cm³/mol. The van der Waals surface area contributed by atoms with Crippen LogP contribution in [0.5, 0.6) is 0 Å². The smallest absolute Gasteiger partial charge is 0.247 e. The van der Waals surface area contributed by atoms with Crippen molar-refractivity contribution in [3.63, 3.8) is 0 Å². The first-order valence-electron chi connectivity index (χ1n) is 8.97. The summed E-state index contributed by atoms with van der Waals surface area (Å²) < 4.78 is 13.1. The fourth-order valence-corrected chi connectivity index (χ4v) is 3.16. The van der Waals surface area contributed by atoms with Gasteiger partial charge >= 0.3 is 0 Å². The maximum atomic E-state index is 13.1. The van der Waals surface area contributed by atoms with Gasteiger partial charge in [-0.2, -0.15) is 10.1 Å². The SMILES string of the molecule is Cc1ccccc1Nc1cnnc(N2CCN(c3ccc(F)cc3)CC2)n1. The van der Waals surface area contributed by atoms with Gasteiger partial charge in [-0.25, -0.2) is 4.39 Å². The van der Waals surface area contributed by atoms with Crippen LogP contribution in [-0.2, 0) is 0 Å². The summed E-state index contributed by atoms with van der Waals surface area (Å²) in [7, 11) is 0. The normalized spacial score (nSPS) is 14.3. The van der Waals surface area contributed by atoms with Gasteiger partial charge in [0.25, 0.3) is 0 Å². The Kier molecular flexibility index (Phi) is 4.82. The molecule has 2 aromatic carbocycles. The van der Waals surface area contributed by atoms with E-state index in [2.05, 4.69) is 30.3 Å². The summed E-state index contributed by atoms with van der Waals surface area (Å²) >= 11 is 0. The Morgan fingerprint density at radius 1 is 0.926 bits per heavy atom. The minimum absolute atomic E-state index is 0.213. The van der Waals surface area contributed by atoms with E-state index in [-0.39, 0.29) is 5.82 Å². The van der Waals surface area contributed by atoms with E-state index in [0.29, 0.717) is 11.8 Å². The summed E-state index contributed by atoms with van der Waals surface area (Å²) in [6.07, 6.45) is 1.63. The zero-order chi connectivity index (χ0) is 18.6. The second-order valence-corrected chi connectivity index (χ2v) is 6.53. The van der Waals surface area contributed by atoms with Gasteiger partial charge in [0.05, 0.1) is 6.20 Å². The quantitative estimate of drug-likeness (QED) is 0.766. The third-order valence-electron chi connectivity index (χ3n) is 4.71. The van der Waals surface area contributed by atoms with Crippen molar-refractivity contribution in [1.82, 2.24) is 15.2 Å². The maximum Gasteiger partial charge on any atom is 0.247 e. The molecule has 1 saturated heterocycles. The number of aromatic nitrogens is 3. The lowest BCUT2D eigenvalue weighted by molar-refractivity contribution is 0.622. The lowest BCUT2D eigenvalue weighted by atomic mass is 10.2. The fourth-order valence-electron chi connectivity index (χ4n) is 3.16. The van der Waals surface area contributed by atoms with Gasteiger partial charge < -0.3 is 15.1 Å². The van der Waals surface area contributed by atoms with Crippen LogP contribution in [0.25, 0.3) is 0 Å². The number of para-hydroxylation sites is 1.